The lowest BCUT2D eigenvalue weighted by Crippen LogP contribution is -2.03. The van der Waals surface area contributed by atoms with E-state index < -0.39 is 0 Å². The molecule has 0 radical (unpaired) electrons. The van der Waals surface area contributed by atoms with Gasteiger partial charge >= 0.3 is 0 Å². The van der Waals surface area contributed by atoms with Gasteiger partial charge < -0.3 is 10.5 Å². The highest BCUT2D eigenvalue weighted by atomic mass is 32.1. The first kappa shape index (κ1) is 13.1. The largest absolute Gasteiger partial charge is 0.496 e. The summed E-state index contributed by atoms with van der Waals surface area (Å²) in [7, 11) is 1.69. The van der Waals surface area contributed by atoms with Crippen LogP contribution in [-0.4, -0.2) is 12.1 Å². The Hall–Kier alpha value is -1.39. The predicted octanol–water partition coefficient (Wildman–Crippen LogP) is 3.46. The Morgan fingerprint density at radius 1 is 1.33 bits per heavy atom. The molecule has 1 atom stereocenters. The van der Waals surface area contributed by atoms with Crippen molar-refractivity contribution in [3.63, 3.8) is 0 Å². The number of hydrogen-bond donors (Lipinski definition) is 1. The highest BCUT2D eigenvalue weighted by molar-refractivity contribution is 7.15. The van der Waals surface area contributed by atoms with Crippen LogP contribution in [0.5, 0.6) is 5.75 Å². The van der Waals surface area contributed by atoms with Crippen molar-refractivity contribution in [1.29, 1.82) is 0 Å². The summed E-state index contributed by atoms with van der Waals surface area (Å²) in [4.78, 5) is 5.73. The maximum Gasteiger partial charge on any atom is 0.129 e. The van der Waals surface area contributed by atoms with Gasteiger partial charge in [0, 0.05) is 10.9 Å². The molecule has 3 nitrogen and oxygen atoms in total. The molecule has 0 fully saturated rings. The SMILES string of the molecule is COc1cc(C)ccc1-c1nc(C)c(C(C)N)s1. The van der Waals surface area contributed by atoms with Gasteiger partial charge in [-0.2, -0.15) is 0 Å². The van der Waals surface area contributed by atoms with Gasteiger partial charge in [0.2, 0.25) is 0 Å². The Morgan fingerprint density at radius 3 is 2.61 bits per heavy atom. The van der Waals surface area contributed by atoms with Crippen molar-refractivity contribution in [3.8, 4) is 16.3 Å². The van der Waals surface area contributed by atoms with Crippen molar-refractivity contribution in [2.45, 2.75) is 26.8 Å². The van der Waals surface area contributed by atoms with E-state index in [0.717, 1.165) is 26.9 Å². The summed E-state index contributed by atoms with van der Waals surface area (Å²) in [6, 6.07) is 6.17. The van der Waals surface area contributed by atoms with Gasteiger partial charge in [-0.1, -0.05) is 6.07 Å². The van der Waals surface area contributed by atoms with Crippen LogP contribution in [0.25, 0.3) is 10.6 Å². The fourth-order valence-corrected chi connectivity index (χ4v) is 2.97. The number of rotatable bonds is 3. The van der Waals surface area contributed by atoms with E-state index in [2.05, 4.69) is 17.1 Å². The molecule has 0 amide bonds. The minimum absolute atomic E-state index is 0.0210. The number of benzene rings is 1. The molecule has 0 saturated heterocycles. The third-order valence-electron chi connectivity index (χ3n) is 2.83. The van der Waals surface area contributed by atoms with Crippen molar-refractivity contribution in [2.75, 3.05) is 7.11 Å². The standard InChI is InChI=1S/C14H18N2OS/c1-8-5-6-11(12(7-8)17-4)14-16-10(3)13(18-14)9(2)15/h5-7,9H,15H2,1-4H3. The highest BCUT2D eigenvalue weighted by Gasteiger charge is 2.15. The molecule has 0 spiro atoms. The van der Waals surface area contributed by atoms with Gasteiger partial charge in [-0.25, -0.2) is 4.98 Å². The molecule has 1 aromatic heterocycles. The Labute approximate surface area is 112 Å². The van der Waals surface area contributed by atoms with Crippen LogP contribution in [-0.2, 0) is 0 Å². The zero-order valence-electron chi connectivity index (χ0n) is 11.2. The highest BCUT2D eigenvalue weighted by Crippen LogP contribution is 2.36. The Kier molecular flexibility index (Phi) is 3.68. The molecule has 1 aromatic carbocycles. The molecule has 1 heterocycles. The first-order chi connectivity index (χ1) is 8.52. The van der Waals surface area contributed by atoms with Gasteiger partial charge in [0.05, 0.1) is 18.4 Å². The average Bonchev–Trinajstić information content (AvgIpc) is 2.71. The van der Waals surface area contributed by atoms with Crippen molar-refractivity contribution in [1.82, 2.24) is 4.98 Å². The van der Waals surface area contributed by atoms with Crippen LogP contribution in [0, 0.1) is 13.8 Å². The lowest BCUT2D eigenvalue weighted by molar-refractivity contribution is 0.416. The van der Waals surface area contributed by atoms with E-state index in [4.69, 9.17) is 10.5 Å². The van der Waals surface area contributed by atoms with Crippen LogP contribution in [0.2, 0.25) is 0 Å². The second kappa shape index (κ2) is 5.08. The lowest BCUT2D eigenvalue weighted by atomic mass is 10.1. The van der Waals surface area contributed by atoms with E-state index in [1.54, 1.807) is 18.4 Å². The number of nitrogens with zero attached hydrogens (tertiary/aromatic N) is 1. The van der Waals surface area contributed by atoms with Crippen LogP contribution < -0.4 is 10.5 Å². The molecular formula is C14H18N2OS. The monoisotopic (exact) mass is 262 g/mol. The number of methoxy groups -OCH3 is 1. The summed E-state index contributed by atoms with van der Waals surface area (Å²) in [6.07, 6.45) is 0. The van der Waals surface area contributed by atoms with Crippen molar-refractivity contribution < 1.29 is 4.74 Å². The molecule has 18 heavy (non-hydrogen) atoms. The van der Waals surface area contributed by atoms with Gasteiger partial charge in [0.15, 0.2) is 0 Å². The Morgan fingerprint density at radius 2 is 2.06 bits per heavy atom. The summed E-state index contributed by atoms with van der Waals surface area (Å²) in [5.41, 5.74) is 9.15. The van der Waals surface area contributed by atoms with E-state index in [0.29, 0.717) is 0 Å². The van der Waals surface area contributed by atoms with E-state index in [1.807, 2.05) is 26.8 Å². The molecule has 4 heteroatoms. The number of aromatic nitrogens is 1. The molecule has 2 aromatic rings. The number of aryl methyl sites for hydroxylation is 2. The summed E-state index contributed by atoms with van der Waals surface area (Å²) < 4.78 is 5.43. The van der Waals surface area contributed by atoms with Crippen LogP contribution in [0.15, 0.2) is 18.2 Å². The topological polar surface area (TPSA) is 48.1 Å². The zero-order valence-corrected chi connectivity index (χ0v) is 12.0. The van der Waals surface area contributed by atoms with Crippen LogP contribution in [0.1, 0.15) is 29.1 Å². The Bertz CT molecular complexity index is 561. The quantitative estimate of drug-likeness (QED) is 0.921. The number of ether oxygens (including phenoxy) is 1. The molecule has 0 aliphatic carbocycles. The third-order valence-corrected chi connectivity index (χ3v) is 4.23. The molecule has 0 bridgehead atoms. The number of thiazole rings is 1. The molecule has 0 saturated carbocycles. The second-order valence-electron chi connectivity index (χ2n) is 4.46. The molecule has 0 aliphatic heterocycles. The summed E-state index contributed by atoms with van der Waals surface area (Å²) in [5.74, 6) is 0.861. The summed E-state index contributed by atoms with van der Waals surface area (Å²) in [6.45, 7) is 6.03. The van der Waals surface area contributed by atoms with Gasteiger partial charge in [-0.05, 0) is 38.5 Å². The van der Waals surface area contributed by atoms with Crippen molar-refractivity contribution in [3.05, 3.63) is 34.3 Å². The number of nitrogens with two attached hydrogens (primary N) is 1. The molecular weight excluding hydrogens is 244 g/mol. The van der Waals surface area contributed by atoms with E-state index in [-0.39, 0.29) is 6.04 Å². The fourth-order valence-electron chi connectivity index (χ4n) is 1.92. The van der Waals surface area contributed by atoms with E-state index in [1.165, 1.54) is 5.56 Å². The van der Waals surface area contributed by atoms with Gasteiger partial charge in [0.25, 0.3) is 0 Å². The van der Waals surface area contributed by atoms with Crippen LogP contribution in [0.4, 0.5) is 0 Å². The minimum atomic E-state index is 0.0210. The molecule has 96 valence electrons. The first-order valence-electron chi connectivity index (χ1n) is 5.91. The Balaban J connectivity index is 2.52. The van der Waals surface area contributed by atoms with E-state index in [9.17, 15) is 0 Å². The zero-order chi connectivity index (χ0) is 13.3. The van der Waals surface area contributed by atoms with Crippen LogP contribution in [0.3, 0.4) is 0 Å². The van der Waals surface area contributed by atoms with Crippen molar-refractivity contribution >= 4 is 11.3 Å². The lowest BCUT2D eigenvalue weighted by Gasteiger charge is -2.06. The first-order valence-corrected chi connectivity index (χ1v) is 6.72. The third kappa shape index (κ3) is 2.40. The van der Waals surface area contributed by atoms with Gasteiger partial charge in [0.1, 0.15) is 10.8 Å². The average molecular weight is 262 g/mol. The maximum atomic E-state index is 5.94. The van der Waals surface area contributed by atoms with Gasteiger partial charge in [-0.3, -0.25) is 0 Å². The summed E-state index contributed by atoms with van der Waals surface area (Å²) >= 11 is 1.64. The summed E-state index contributed by atoms with van der Waals surface area (Å²) in [5, 5.41) is 0.969. The second-order valence-corrected chi connectivity index (χ2v) is 5.49. The van der Waals surface area contributed by atoms with Crippen LogP contribution >= 0.6 is 11.3 Å². The fraction of sp³-hybridized carbons (Fsp3) is 0.357. The predicted molar refractivity (Wildman–Crippen MR) is 76.2 cm³/mol. The van der Waals surface area contributed by atoms with E-state index >= 15 is 0 Å². The molecule has 0 aliphatic rings. The smallest absolute Gasteiger partial charge is 0.129 e. The normalized spacial score (nSPS) is 12.5. The maximum absolute atomic E-state index is 5.94. The molecule has 2 N–H and O–H groups in total. The minimum Gasteiger partial charge on any atom is -0.496 e. The molecule has 1 unspecified atom stereocenters. The number of hydrogen-bond acceptors (Lipinski definition) is 4. The van der Waals surface area contributed by atoms with Crippen molar-refractivity contribution in [2.24, 2.45) is 5.73 Å². The van der Waals surface area contributed by atoms with Gasteiger partial charge in [-0.15, -0.1) is 11.3 Å². The molecule has 2 rings (SSSR count).